The molecule has 0 aliphatic carbocycles. The molecule has 6 heteroatoms. The van der Waals surface area contributed by atoms with E-state index < -0.39 is 5.97 Å². The van der Waals surface area contributed by atoms with E-state index in [0.717, 1.165) is 5.56 Å². The molecule has 2 aromatic carbocycles. The monoisotopic (exact) mass is 339 g/mol. The number of methoxy groups -OCH3 is 1. The minimum atomic E-state index is -0.981. The van der Waals surface area contributed by atoms with Crippen LogP contribution in [0.1, 0.15) is 32.0 Å². The SMILES string of the molecule is COc1ccc2oc(C)c(C(=O)NCc3ccc(C(=O)O)cc3)c2c1. The number of furan rings is 1. The number of rotatable bonds is 5. The van der Waals surface area contributed by atoms with Gasteiger partial charge in [0.1, 0.15) is 17.1 Å². The maximum absolute atomic E-state index is 12.6. The molecule has 0 aliphatic heterocycles. The molecule has 6 nitrogen and oxygen atoms in total. The summed E-state index contributed by atoms with van der Waals surface area (Å²) in [6.45, 7) is 2.03. The third-order valence-corrected chi connectivity index (χ3v) is 3.95. The number of hydrogen-bond donors (Lipinski definition) is 2. The second kappa shape index (κ2) is 6.68. The smallest absolute Gasteiger partial charge is 0.335 e. The van der Waals surface area contributed by atoms with E-state index in [2.05, 4.69) is 5.32 Å². The van der Waals surface area contributed by atoms with Crippen LogP contribution in [0.4, 0.5) is 0 Å². The molecule has 0 bridgehead atoms. The Morgan fingerprint density at radius 1 is 1.16 bits per heavy atom. The van der Waals surface area contributed by atoms with Gasteiger partial charge in [0.2, 0.25) is 0 Å². The van der Waals surface area contributed by atoms with Crippen molar-refractivity contribution >= 4 is 22.8 Å². The zero-order valence-corrected chi connectivity index (χ0v) is 13.8. The number of aryl methyl sites for hydroxylation is 1. The average Bonchev–Trinajstić information content (AvgIpc) is 2.94. The lowest BCUT2D eigenvalue weighted by Crippen LogP contribution is -2.23. The first kappa shape index (κ1) is 16.6. The predicted molar refractivity (Wildman–Crippen MR) is 92.1 cm³/mol. The van der Waals surface area contributed by atoms with Crippen LogP contribution in [0.15, 0.2) is 46.9 Å². The van der Waals surface area contributed by atoms with E-state index in [1.54, 1.807) is 44.4 Å². The van der Waals surface area contributed by atoms with E-state index in [-0.39, 0.29) is 18.0 Å². The second-order valence-electron chi connectivity index (χ2n) is 5.58. The number of fused-ring (bicyclic) bond motifs is 1. The fourth-order valence-corrected chi connectivity index (χ4v) is 2.64. The highest BCUT2D eigenvalue weighted by Gasteiger charge is 2.18. The number of carboxylic acid groups (broad SMARTS) is 1. The highest BCUT2D eigenvalue weighted by atomic mass is 16.5. The normalized spacial score (nSPS) is 10.6. The maximum atomic E-state index is 12.6. The molecule has 0 saturated heterocycles. The molecule has 3 rings (SSSR count). The zero-order chi connectivity index (χ0) is 18.0. The van der Waals surface area contributed by atoms with Crippen molar-refractivity contribution in [1.29, 1.82) is 0 Å². The van der Waals surface area contributed by atoms with Crippen molar-refractivity contribution < 1.29 is 23.8 Å². The van der Waals surface area contributed by atoms with Crippen LogP contribution in [0.25, 0.3) is 11.0 Å². The van der Waals surface area contributed by atoms with Crippen LogP contribution < -0.4 is 10.1 Å². The van der Waals surface area contributed by atoms with Crippen LogP contribution in [0, 0.1) is 6.92 Å². The van der Waals surface area contributed by atoms with Gasteiger partial charge in [-0.05, 0) is 42.8 Å². The first-order valence-electron chi connectivity index (χ1n) is 7.67. The average molecular weight is 339 g/mol. The van der Waals surface area contributed by atoms with Gasteiger partial charge in [0.25, 0.3) is 5.91 Å². The van der Waals surface area contributed by atoms with Crippen molar-refractivity contribution in [1.82, 2.24) is 5.32 Å². The summed E-state index contributed by atoms with van der Waals surface area (Å²) in [4.78, 5) is 23.4. The van der Waals surface area contributed by atoms with Crippen LogP contribution in [-0.4, -0.2) is 24.1 Å². The summed E-state index contributed by atoms with van der Waals surface area (Å²) < 4.78 is 10.8. The van der Waals surface area contributed by atoms with Crippen molar-refractivity contribution in [2.24, 2.45) is 0 Å². The molecule has 0 fully saturated rings. The Hall–Kier alpha value is -3.28. The van der Waals surface area contributed by atoms with Gasteiger partial charge in [-0.1, -0.05) is 12.1 Å². The molecule has 25 heavy (non-hydrogen) atoms. The van der Waals surface area contributed by atoms with E-state index in [4.69, 9.17) is 14.3 Å². The molecule has 0 radical (unpaired) electrons. The van der Waals surface area contributed by atoms with Gasteiger partial charge in [0.05, 0.1) is 18.2 Å². The Balaban J connectivity index is 1.80. The topological polar surface area (TPSA) is 88.8 Å². The highest BCUT2D eigenvalue weighted by molar-refractivity contribution is 6.07. The summed E-state index contributed by atoms with van der Waals surface area (Å²) in [5.74, 6) is -0.0644. The second-order valence-corrected chi connectivity index (χ2v) is 5.58. The molecule has 128 valence electrons. The van der Waals surface area contributed by atoms with Crippen molar-refractivity contribution in [2.75, 3.05) is 7.11 Å². The number of aromatic carboxylic acids is 1. The number of ether oxygens (including phenoxy) is 1. The first-order chi connectivity index (χ1) is 12.0. The van der Waals surface area contributed by atoms with Gasteiger partial charge in [-0.2, -0.15) is 0 Å². The minimum Gasteiger partial charge on any atom is -0.497 e. The number of carboxylic acids is 1. The molecule has 0 aliphatic rings. The van der Waals surface area contributed by atoms with Gasteiger partial charge in [-0.25, -0.2) is 4.79 Å². The number of hydrogen-bond acceptors (Lipinski definition) is 4. The fourth-order valence-electron chi connectivity index (χ4n) is 2.64. The van der Waals surface area contributed by atoms with Gasteiger partial charge < -0.3 is 19.6 Å². The van der Waals surface area contributed by atoms with E-state index >= 15 is 0 Å². The third-order valence-electron chi connectivity index (χ3n) is 3.95. The zero-order valence-electron chi connectivity index (χ0n) is 13.8. The summed E-state index contributed by atoms with van der Waals surface area (Å²) in [7, 11) is 1.56. The van der Waals surface area contributed by atoms with Crippen LogP contribution in [0.3, 0.4) is 0 Å². The highest BCUT2D eigenvalue weighted by Crippen LogP contribution is 2.29. The Labute approximate surface area is 144 Å². The van der Waals surface area contributed by atoms with Crippen LogP contribution >= 0.6 is 0 Å². The van der Waals surface area contributed by atoms with Gasteiger partial charge in [0, 0.05) is 11.9 Å². The largest absolute Gasteiger partial charge is 0.497 e. The summed E-state index contributed by atoms with van der Waals surface area (Å²) in [6.07, 6.45) is 0. The minimum absolute atomic E-state index is 0.207. The predicted octanol–water partition coefficient (Wildman–Crippen LogP) is 3.38. The summed E-state index contributed by atoms with van der Waals surface area (Å²) in [5, 5.41) is 12.4. The maximum Gasteiger partial charge on any atom is 0.335 e. The van der Waals surface area contributed by atoms with Crippen molar-refractivity contribution in [3.05, 3.63) is 64.9 Å². The molecule has 1 amide bonds. The molecule has 0 unspecified atom stereocenters. The molecule has 1 aromatic heterocycles. The molecule has 1 heterocycles. The van der Waals surface area contributed by atoms with Crippen LogP contribution in [0.5, 0.6) is 5.75 Å². The molecular weight excluding hydrogens is 322 g/mol. The number of carbonyl (C=O) groups is 2. The Bertz CT molecular complexity index is 940. The molecule has 3 aromatic rings. The van der Waals surface area contributed by atoms with E-state index in [1.807, 2.05) is 0 Å². The fraction of sp³-hybridized carbons (Fsp3) is 0.158. The number of benzene rings is 2. The Kier molecular flexibility index (Phi) is 4.43. The standard InChI is InChI=1S/C19H17NO5/c1-11-17(15-9-14(24-2)7-8-16(15)25-11)18(21)20-10-12-3-5-13(6-4-12)19(22)23/h3-9H,10H2,1-2H3,(H,20,21)(H,22,23). The summed E-state index contributed by atoms with van der Waals surface area (Å²) in [5.41, 5.74) is 2.10. The lowest BCUT2D eigenvalue weighted by Gasteiger charge is -2.06. The summed E-state index contributed by atoms with van der Waals surface area (Å²) >= 11 is 0. The quantitative estimate of drug-likeness (QED) is 0.744. The Morgan fingerprint density at radius 3 is 2.52 bits per heavy atom. The van der Waals surface area contributed by atoms with Crippen molar-refractivity contribution in [2.45, 2.75) is 13.5 Å². The number of nitrogens with one attached hydrogen (secondary N) is 1. The number of carbonyl (C=O) groups excluding carboxylic acids is 1. The van der Waals surface area contributed by atoms with Gasteiger partial charge in [-0.15, -0.1) is 0 Å². The van der Waals surface area contributed by atoms with Gasteiger partial charge in [-0.3, -0.25) is 4.79 Å². The van der Waals surface area contributed by atoms with Crippen molar-refractivity contribution in [3.63, 3.8) is 0 Å². The molecule has 0 atom stereocenters. The Morgan fingerprint density at radius 2 is 1.88 bits per heavy atom. The lowest BCUT2D eigenvalue weighted by atomic mass is 10.1. The molecular formula is C19H17NO5. The van der Waals surface area contributed by atoms with E-state index in [0.29, 0.717) is 28.0 Å². The van der Waals surface area contributed by atoms with E-state index in [9.17, 15) is 9.59 Å². The molecule has 2 N–H and O–H groups in total. The van der Waals surface area contributed by atoms with Crippen LogP contribution in [-0.2, 0) is 6.54 Å². The summed E-state index contributed by atoms with van der Waals surface area (Å²) in [6, 6.07) is 11.7. The lowest BCUT2D eigenvalue weighted by molar-refractivity contribution is 0.0696. The molecule has 0 spiro atoms. The molecule has 0 saturated carbocycles. The number of amides is 1. The van der Waals surface area contributed by atoms with E-state index in [1.165, 1.54) is 12.1 Å². The third kappa shape index (κ3) is 3.33. The van der Waals surface area contributed by atoms with Crippen molar-refractivity contribution in [3.8, 4) is 5.75 Å². The van der Waals surface area contributed by atoms with Gasteiger partial charge >= 0.3 is 5.97 Å². The van der Waals surface area contributed by atoms with Crippen LogP contribution in [0.2, 0.25) is 0 Å². The first-order valence-corrected chi connectivity index (χ1v) is 7.67. The van der Waals surface area contributed by atoms with Gasteiger partial charge in [0.15, 0.2) is 0 Å².